The van der Waals surface area contributed by atoms with E-state index in [1.807, 2.05) is 24.3 Å². The molecule has 2 aromatic carbocycles. The van der Waals surface area contributed by atoms with Gasteiger partial charge in [-0.2, -0.15) is 4.21 Å². The maximum absolute atomic E-state index is 14.6. The van der Waals surface area contributed by atoms with Crippen molar-refractivity contribution in [3.8, 4) is 22.4 Å². The van der Waals surface area contributed by atoms with Gasteiger partial charge in [-0.1, -0.05) is 44.2 Å². The van der Waals surface area contributed by atoms with Crippen molar-refractivity contribution < 1.29 is 8.60 Å². The number of nitrogens with two attached hydrogens (primary N) is 1. The minimum atomic E-state index is -0.314. The zero-order valence-electron chi connectivity index (χ0n) is 14.6. The van der Waals surface area contributed by atoms with Gasteiger partial charge in [0, 0.05) is 5.56 Å². The topological polar surface area (TPSA) is 68.9 Å². The maximum atomic E-state index is 14.6. The van der Waals surface area contributed by atoms with Crippen LogP contribution in [0.3, 0.4) is 0 Å². The van der Waals surface area contributed by atoms with Crippen LogP contribution in [0.15, 0.2) is 54.9 Å². The minimum absolute atomic E-state index is 0.314. The Morgan fingerprint density at radius 3 is 2.38 bits per heavy atom. The van der Waals surface area contributed by atoms with Crippen LogP contribution in [-0.4, -0.2) is 14.2 Å². The van der Waals surface area contributed by atoms with E-state index >= 15 is 0 Å². The van der Waals surface area contributed by atoms with E-state index in [0.717, 1.165) is 17.5 Å². The van der Waals surface area contributed by atoms with Crippen LogP contribution in [0.25, 0.3) is 22.4 Å². The Morgan fingerprint density at radius 2 is 1.77 bits per heavy atom. The summed E-state index contributed by atoms with van der Waals surface area (Å²) >= 11 is 2.83. The highest BCUT2D eigenvalue weighted by atomic mass is 32.1. The van der Waals surface area contributed by atoms with Gasteiger partial charge in [0.15, 0.2) is 12.5 Å². The Hall–Kier alpha value is -2.73. The van der Waals surface area contributed by atoms with Crippen molar-refractivity contribution in [2.45, 2.75) is 20.3 Å². The van der Waals surface area contributed by atoms with Crippen LogP contribution in [0.1, 0.15) is 19.4 Å². The van der Waals surface area contributed by atoms with Crippen molar-refractivity contribution in [2.24, 2.45) is 5.92 Å². The van der Waals surface area contributed by atoms with E-state index in [1.165, 1.54) is 18.0 Å². The number of nitrogens with zero attached hydrogens (tertiary/aromatic N) is 2. The monoisotopic (exact) mass is 369 g/mol. The summed E-state index contributed by atoms with van der Waals surface area (Å²) in [5.74, 6) is 0.546. The standard InChI is InChI=1S/C20H20FN3.OS/c1-13(2)9-14-5-3-4-6-16(14)15-7-8-17(18(21)10-15)19-11-24-20(22)12-23-19;1-2/h3-8,10-13H,9H2,1-2H3,(H2,22,24);. The molecule has 0 aliphatic rings. The number of benzene rings is 2. The summed E-state index contributed by atoms with van der Waals surface area (Å²) in [5, 5.41) is 0. The normalized spacial score (nSPS) is 10.3. The van der Waals surface area contributed by atoms with Gasteiger partial charge in [-0.05, 0) is 41.2 Å². The lowest BCUT2D eigenvalue weighted by Crippen LogP contribution is -1.98. The number of aromatic nitrogens is 2. The van der Waals surface area contributed by atoms with Crippen molar-refractivity contribution in [2.75, 3.05) is 5.73 Å². The summed E-state index contributed by atoms with van der Waals surface area (Å²) in [4.78, 5) is 8.11. The second-order valence-electron chi connectivity index (χ2n) is 6.28. The first-order valence-corrected chi connectivity index (χ1v) is 8.50. The number of hydrogen-bond donors (Lipinski definition) is 1. The van der Waals surface area contributed by atoms with Gasteiger partial charge in [0.2, 0.25) is 0 Å². The molecule has 2 N–H and O–H groups in total. The summed E-state index contributed by atoms with van der Waals surface area (Å²) in [5.41, 5.74) is 9.60. The van der Waals surface area contributed by atoms with Gasteiger partial charge in [-0.3, -0.25) is 4.98 Å². The second kappa shape index (κ2) is 9.10. The molecule has 0 saturated heterocycles. The average Bonchev–Trinajstić information content (AvgIpc) is 2.64. The third-order valence-corrected chi connectivity index (χ3v) is 3.87. The Labute approximate surface area is 157 Å². The largest absolute Gasteiger partial charge is 0.382 e. The Kier molecular flexibility index (Phi) is 6.86. The molecule has 26 heavy (non-hydrogen) atoms. The van der Waals surface area contributed by atoms with Crippen LogP contribution < -0.4 is 5.73 Å². The van der Waals surface area contributed by atoms with Crippen LogP contribution in [0.4, 0.5) is 10.2 Å². The molecule has 0 unspecified atom stereocenters. The molecular formula is C20H20FN3OS. The molecule has 1 aromatic heterocycles. The SMILES string of the molecule is CC(C)Cc1ccccc1-c1ccc(-c2cnc(N)cn2)c(F)c1.O=S. The fourth-order valence-electron chi connectivity index (χ4n) is 2.79. The van der Waals surface area contributed by atoms with Crippen molar-refractivity contribution in [3.05, 3.63) is 66.2 Å². The molecule has 0 fully saturated rings. The molecule has 134 valence electrons. The molecular weight excluding hydrogens is 349 g/mol. The predicted molar refractivity (Wildman–Crippen MR) is 104 cm³/mol. The van der Waals surface area contributed by atoms with Crippen LogP contribution >= 0.6 is 0 Å². The van der Waals surface area contributed by atoms with E-state index < -0.39 is 0 Å². The van der Waals surface area contributed by atoms with E-state index in [0.29, 0.717) is 23.0 Å². The van der Waals surface area contributed by atoms with Crippen molar-refractivity contribution in [1.82, 2.24) is 9.97 Å². The van der Waals surface area contributed by atoms with Gasteiger partial charge < -0.3 is 5.73 Å². The van der Waals surface area contributed by atoms with Crippen LogP contribution in [-0.2, 0) is 19.0 Å². The lowest BCUT2D eigenvalue weighted by Gasteiger charge is -2.13. The molecule has 0 aliphatic heterocycles. The van der Waals surface area contributed by atoms with Crippen LogP contribution in [0.5, 0.6) is 0 Å². The van der Waals surface area contributed by atoms with Gasteiger partial charge in [-0.15, -0.1) is 0 Å². The molecule has 0 bridgehead atoms. The van der Waals surface area contributed by atoms with Gasteiger partial charge in [0.1, 0.15) is 11.6 Å². The molecule has 0 amide bonds. The highest BCUT2D eigenvalue weighted by Gasteiger charge is 2.11. The summed E-state index contributed by atoms with van der Waals surface area (Å²) in [6.45, 7) is 4.36. The van der Waals surface area contributed by atoms with Gasteiger partial charge in [-0.25, -0.2) is 9.37 Å². The number of anilines is 1. The Balaban J connectivity index is 0.00000117. The molecule has 0 saturated carbocycles. The molecule has 6 heteroatoms. The van der Waals surface area contributed by atoms with E-state index in [2.05, 4.69) is 42.4 Å². The fourth-order valence-corrected chi connectivity index (χ4v) is 2.79. The predicted octanol–water partition coefficient (Wildman–Crippen LogP) is 4.39. The quantitative estimate of drug-likeness (QED) is 0.738. The highest BCUT2D eigenvalue weighted by Crippen LogP contribution is 2.30. The average molecular weight is 369 g/mol. The number of rotatable bonds is 4. The number of hydrogen-bond acceptors (Lipinski definition) is 5. The molecule has 0 spiro atoms. The smallest absolute Gasteiger partial charge is 0.197 e. The summed E-state index contributed by atoms with van der Waals surface area (Å²) < 4.78 is 22.5. The third-order valence-electron chi connectivity index (χ3n) is 3.87. The molecule has 0 aliphatic carbocycles. The number of halogens is 1. The fraction of sp³-hybridized carbons (Fsp3) is 0.200. The van der Waals surface area contributed by atoms with Crippen molar-refractivity contribution in [3.63, 3.8) is 0 Å². The van der Waals surface area contributed by atoms with Crippen LogP contribution in [0, 0.1) is 11.7 Å². The van der Waals surface area contributed by atoms with Gasteiger partial charge in [0.25, 0.3) is 0 Å². The van der Waals surface area contributed by atoms with Crippen LogP contribution in [0.2, 0.25) is 0 Å². The molecule has 0 atom stereocenters. The van der Waals surface area contributed by atoms with E-state index in [-0.39, 0.29) is 5.82 Å². The molecule has 0 radical (unpaired) electrons. The zero-order chi connectivity index (χ0) is 19.1. The van der Waals surface area contributed by atoms with Gasteiger partial charge in [0.05, 0.1) is 18.1 Å². The molecule has 4 nitrogen and oxygen atoms in total. The molecule has 1 heterocycles. The minimum Gasteiger partial charge on any atom is -0.382 e. The lowest BCUT2D eigenvalue weighted by molar-refractivity contribution is 0.631. The van der Waals surface area contributed by atoms with E-state index in [1.54, 1.807) is 12.1 Å². The lowest BCUT2D eigenvalue weighted by atomic mass is 9.93. The first-order chi connectivity index (χ1) is 12.5. The van der Waals surface area contributed by atoms with Crippen molar-refractivity contribution in [1.29, 1.82) is 0 Å². The summed E-state index contributed by atoms with van der Waals surface area (Å²) in [6, 6.07) is 13.4. The van der Waals surface area contributed by atoms with Crippen molar-refractivity contribution >= 4 is 18.4 Å². The van der Waals surface area contributed by atoms with E-state index in [4.69, 9.17) is 9.94 Å². The molecule has 3 aromatic rings. The molecule has 3 rings (SSSR count). The zero-order valence-corrected chi connectivity index (χ0v) is 15.5. The summed E-state index contributed by atoms with van der Waals surface area (Å²) in [6.07, 6.45) is 3.88. The first-order valence-electron chi connectivity index (χ1n) is 8.17. The second-order valence-corrected chi connectivity index (χ2v) is 6.28. The Bertz CT molecular complexity index is 869. The summed E-state index contributed by atoms with van der Waals surface area (Å²) in [7, 11) is 0. The van der Waals surface area contributed by atoms with Gasteiger partial charge >= 0.3 is 0 Å². The highest BCUT2D eigenvalue weighted by molar-refractivity contribution is 7.44. The van der Waals surface area contributed by atoms with E-state index in [9.17, 15) is 4.39 Å². The third kappa shape index (κ3) is 4.67. The maximum Gasteiger partial charge on any atom is 0.197 e. The number of nitrogen functional groups attached to an aromatic ring is 1. The first kappa shape index (κ1) is 19.6. The Morgan fingerprint density at radius 1 is 1.04 bits per heavy atom.